The third kappa shape index (κ3) is 4.13. The lowest BCUT2D eigenvalue weighted by molar-refractivity contribution is -0.132. The van der Waals surface area contributed by atoms with Crippen molar-refractivity contribution in [1.29, 1.82) is 0 Å². The Labute approximate surface area is 197 Å². The van der Waals surface area contributed by atoms with Gasteiger partial charge < -0.3 is 9.47 Å². The highest BCUT2D eigenvalue weighted by atomic mass is 35.5. The van der Waals surface area contributed by atoms with E-state index in [1.165, 1.54) is 6.92 Å². The molecular weight excluding hydrogens is 451 g/mol. The molecule has 1 heterocycles. The Morgan fingerprint density at radius 1 is 0.906 bits per heavy atom. The predicted molar refractivity (Wildman–Crippen MR) is 122 cm³/mol. The largest absolute Gasteiger partial charge is 0.465 e. The van der Waals surface area contributed by atoms with Crippen molar-refractivity contribution in [3.63, 3.8) is 0 Å². The summed E-state index contributed by atoms with van der Waals surface area (Å²) in [6.07, 6.45) is 1.92. The number of rotatable bonds is 2. The van der Waals surface area contributed by atoms with Crippen LogP contribution in [0.25, 0.3) is 0 Å². The molecule has 0 saturated heterocycles. The summed E-state index contributed by atoms with van der Waals surface area (Å²) in [5.74, 6) is 0.0728. The summed E-state index contributed by atoms with van der Waals surface area (Å²) in [4.78, 5) is 38.1. The van der Waals surface area contributed by atoms with Crippen LogP contribution in [0.2, 0.25) is 10.0 Å². The number of ether oxygens (including phenoxy) is 2. The Bertz CT molecular complexity index is 1050. The zero-order valence-electron chi connectivity index (χ0n) is 18.9. The van der Waals surface area contributed by atoms with Gasteiger partial charge in [-0.1, -0.05) is 50.9 Å². The van der Waals surface area contributed by atoms with Crippen LogP contribution in [-0.2, 0) is 19.1 Å². The highest BCUT2D eigenvalue weighted by Crippen LogP contribution is 2.54. The van der Waals surface area contributed by atoms with Gasteiger partial charge in [0.2, 0.25) is 0 Å². The Morgan fingerprint density at radius 2 is 1.34 bits per heavy atom. The van der Waals surface area contributed by atoms with Crippen molar-refractivity contribution in [2.45, 2.75) is 66.2 Å². The fourth-order valence-corrected chi connectivity index (χ4v) is 5.58. The van der Waals surface area contributed by atoms with E-state index in [1.54, 1.807) is 12.1 Å². The molecule has 3 aliphatic rings. The number of halogens is 2. The SMILES string of the molecule is CC(=O)Oc1c(Cl)cc(C2C3=C(CC(C)(C)CC3=O)OC3=C2C(=O)CC(C)(C)C3)cc1Cl. The topological polar surface area (TPSA) is 69.7 Å². The first-order valence-corrected chi connectivity index (χ1v) is 11.4. The maximum Gasteiger partial charge on any atom is 0.308 e. The minimum atomic E-state index is -0.609. The maximum atomic E-state index is 13.3. The zero-order valence-corrected chi connectivity index (χ0v) is 20.4. The molecule has 2 aliphatic carbocycles. The van der Waals surface area contributed by atoms with Crippen LogP contribution in [-0.4, -0.2) is 17.5 Å². The molecule has 0 N–H and O–H groups in total. The quantitative estimate of drug-likeness (QED) is 0.368. The number of hydrogen-bond donors (Lipinski definition) is 0. The summed E-state index contributed by atoms with van der Waals surface area (Å²) in [6.45, 7) is 9.41. The van der Waals surface area contributed by atoms with Gasteiger partial charge in [-0.25, -0.2) is 0 Å². The minimum absolute atomic E-state index is 0.0401. The predicted octanol–water partition coefficient (Wildman–Crippen LogP) is 6.32. The lowest BCUT2D eigenvalue weighted by atomic mass is 9.65. The molecule has 170 valence electrons. The van der Waals surface area contributed by atoms with Gasteiger partial charge in [-0.2, -0.15) is 0 Å². The molecule has 0 amide bonds. The Balaban J connectivity index is 1.92. The van der Waals surface area contributed by atoms with E-state index in [9.17, 15) is 14.4 Å². The smallest absolute Gasteiger partial charge is 0.308 e. The third-order valence-electron chi connectivity index (χ3n) is 6.18. The second-order valence-corrected chi connectivity index (χ2v) is 11.3. The fraction of sp³-hybridized carbons (Fsp3) is 0.480. The first-order chi connectivity index (χ1) is 14.8. The molecule has 1 aromatic rings. The van der Waals surface area contributed by atoms with Crippen LogP contribution < -0.4 is 4.74 Å². The van der Waals surface area contributed by atoms with Crippen molar-refractivity contribution >= 4 is 40.7 Å². The molecule has 32 heavy (non-hydrogen) atoms. The summed E-state index contributed by atoms with van der Waals surface area (Å²) in [7, 11) is 0. The number of carbonyl (C=O) groups excluding carboxylic acids is 3. The standard InChI is InChI=1S/C25H26Cl2O5/c1-12(28)31-23-14(26)6-13(7-15(23)27)20-21-16(29)8-24(2,3)10-18(21)32-19-11-25(4,5)9-17(30)22(19)20/h6-7,20H,8-11H2,1-5H3. The van der Waals surface area contributed by atoms with Gasteiger partial charge >= 0.3 is 5.97 Å². The van der Waals surface area contributed by atoms with Crippen molar-refractivity contribution in [3.8, 4) is 5.75 Å². The van der Waals surface area contributed by atoms with Crippen LogP contribution in [0.1, 0.15) is 71.8 Å². The third-order valence-corrected chi connectivity index (χ3v) is 6.74. The number of Topliss-reactive ketones (excluding diaryl/α,β-unsaturated/α-hetero) is 2. The van der Waals surface area contributed by atoms with Gasteiger partial charge in [0.15, 0.2) is 17.3 Å². The van der Waals surface area contributed by atoms with E-state index in [4.69, 9.17) is 32.7 Å². The van der Waals surface area contributed by atoms with Crippen molar-refractivity contribution in [2.75, 3.05) is 0 Å². The van der Waals surface area contributed by atoms with Gasteiger partial charge in [-0.15, -0.1) is 0 Å². The van der Waals surface area contributed by atoms with Crippen molar-refractivity contribution in [1.82, 2.24) is 0 Å². The summed E-state index contributed by atoms with van der Waals surface area (Å²) in [5, 5.41) is 0.288. The van der Waals surface area contributed by atoms with Crippen LogP contribution in [0.5, 0.6) is 5.75 Å². The van der Waals surface area contributed by atoms with Crippen molar-refractivity contribution < 1.29 is 23.9 Å². The molecule has 0 unspecified atom stereocenters. The van der Waals surface area contributed by atoms with E-state index >= 15 is 0 Å². The van der Waals surface area contributed by atoms with Gasteiger partial charge in [0.25, 0.3) is 0 Å². The van der Waals surface area contributed by atoms with E-state index in [0.717, 1.165) is 0 Å². The van der Waals surface area contributed by atoms with Gasteiger partial charge in [0.05, 0.1) is 10.0 Å². The molecule has 1 aromatic carbocycles. The van der Waals surface area contributed by atoms with E-state index in [1.807, 2.05) is 27.7 Å². The van der Waals surface area contributed by atoms with Gasteiger partial charge in [0.1, 0.15) is 11.5 Å². The van der Waals surface area contributed by atoms with Crippen LogP contribution in [0.3, 0.4) is 0 Å². The molecule has 0 aromatic heterocycles. The summed E-state index contributed by atoms with van der Waals surface area (Å²) < 4.78 is 11.4. The normalized spacial score (nSPS) is 22.3. The molecule has 0 spiro atoms. The molecule has 4 rings (SSSR count). The number of esters is 1. The molecule has 0 saturated carbocycles. The van der Waals surface area contributed by atoms with E-state index in [-0.39, 0.29) is 38.2 Å². The minimum Gasteiger partial charge on any atom is -0.465 e. The summed E-state index contributed by atoms with van der Waals surface area (Å²) >= 11 is 12.8. The molecule has 0 bridgehead atoms. The Morgan fingerprint density at radius 3 is 1.75 bits per heavy atom. The molecule has 5 nitrogen and oxygen atoms in total. The lowest BCUT2D eigenvalue weighted by Crippen LogP contribution is -2.37. The lowest BCUT2D eigenvalue weighted by Gasteiger charge is -2.42. The number of hydrogen-bond acceptors (Lipinski definition) is 5. The van der Waals surface area contributed by atoms with Crippen molar-refractivity contribution in [3.05, 3.63) is 50.4 Å². The monoisotopic (exact) mass is 476 g/mol. The van der Waals surface area contributed by atoms with Gasteiger partial charge in [-0.3, -0.25) is 14.4 Å². The zero-order chi connectivity index (χ0) is 23.6. The summed E-state index contributed by atoms with van der Waals surface area (Å²) in [6, 6.07) is 3.24. The highest BCUT2D eigenvalue weighted by molar-refractivity contribution is 6.37. The average Bonchev–Trinajstić information content (AvgIpc) is 2.60. The number of ketones is 2. The molecule has 0 fully saturated rings. The second kappa shape index (κ2) is 7.74. The van der Waals surface area contributed by atoms with Crippen molar-refractivity contribution in [2.24, 2.45) is 10.8 Å². The van der Waals surface area contributed by atoms with Crippen LogP contribution in [0, 0.1) is 10.8 Å². The number of allylic oxidation sites excluding steroid dienone is 4. The maximum absolute atomic E-state index is 13.3. The fourth-order valence-electron chi connectivity index (χ4n) is 5.00. The molecule has 0 atom stereocenters. The highest BCUT2D eigenvalue weighted by Gasteiger charge is 2.48. The van der Waals surface area contributed by atoms with Crippen LogP contribution in [0.15, 0.2) is 34.8 Å². The Kier molecular flexibility index (Phi) is 5.58. The van der Waals surface area contributed by atoms with Gasteiger partial charge in [0, 0.05) is 49.7 Å². The van der Waals surface area contributed by atoms with Gasteiger partial charge in [-0.05, 0) is 28.5 Å². The summed E-state index contributed by atoms with van der Waals surface area (Å²) in [5.41, 5.74) is 1.15. The Hall–Kier alpha value is -2.11. The van der Waals surface area contributed by atoms with E-state index in [2.05, 4.69) is 0 Å². The molecular formula is C25H26Cl2O5. The van der Waals surface area contributed by atoms with E-state index in [0.29, 0.717) is 53.9 Å². The second-order valence-electron chi connectivity index (χ2n) is 10.5. The average molecular weight is 477 g/mol. The van der Waals surface area contributed by atoms with E-state index < -0.39 is 11.9 Å². The number of carbonyl (C=O) groups is 3. The van der Waals surface area contributed by atoms with Crippen LogP contribution in [0.4, 0.5) is 0 Å². The first kappa shape index (κ1) is 23.1. The first-order valence-electron chi connectivity index (χ1n) is 10.7. The molecule has 0 radical (unpaired) electrons. The molecule has 1 aliphatic heterocycles. The molecule has 7 heteroatoms. The number of benzene rings is 1. The van der Waals surface area contributed by atoms with Crippen LogP contribution >= 0.6 is 23.2 Å².